The number of hydrogen-bond acceptors (Lipinski definition) is 1. The van der Waals surface area contributed by atoms with Crippen molar-refractivity contribution in [1.82, 2.24) is 5.32 Å². The zero-order chi connectivity index (χ0) is 9.68. The molecule has 0 aliphatic carbocycles. The molecule has 0 fully saturated rings. The van der Waals surface area contributed by atoms with Crippen molar-refractivity contribution < 1.29 is 0 Å². The average molecular weight is 177 g/mol. The summed E-state index contributed by atoms with van der Waals surface area (Å²) in [4.78, 5) is 0. The van der Waals surface area contributed by atoms with Crippen LogP contribution in [0.15, 0.2) is 24.3 Å². The van der Waals surface area contributed by atoms with Gasteiger partial charge in [0.2, 0.25) is 0 Å². The maximum atomic E-state index is 3.36. The van der Waals surface area contributed by atoms with E-state index in [9.17, 15) is 0 Å². The number of nitrogens with one attached hydrogen (secondary N) is 1. The lowest BCUT2D eigenvalue weighted by Crippen LogP contribution is -2.16. The van der Waals surface area contributed by atoms with E-state index in [0.717, 1.165) is 0 Å². The Morgan fingerprint density at radius 2 is 2.00 bits per heavy atom. The van der Waals surface area contributed by atoms with Gasteiger partial charge >= 0.3 is 0 Å². The third-order valence-electron chi connectivity index (χ3n) is 2.49. The summed E-state index contributed by atoms with van der Waals surface area (Å²) in [5, 5.41) is 3.36. The van der Waals surface area contributed by atoms with Crippen LogP contribution in [0.1, 0.15) is 36.9 Å². The van der Waals surface area contributed by atoms with E-state index in [0.29, 0.717) is 6.04 Å². The van der Waals surface area contributed by atoms with Crippen LogP contribution >= 0.6 is 0 Å². The normalized spacial score (nSPS) is 12.8. The Hall–Kier alpha value is -0.820. The first-order chi connectivity index (χ1) is 6.29. The molecule has 0 saturated heterocycles. The lowest BCUT2D eigenvalue weighted by molar-refractivity contribution is 0.539. The molecule has 1 N–H and O–H groups in total. The molecule has 0 aromatic heterocycles. The van der Waals surface area contributed by atoms with E-state index in [4.69, 9.17) is 0 Å². The summed E-state index contributed by atoms with van der Waals surface area (Å²) in [7, 11) is 2.03. The molecule has 1 aromatic carbocycles. The third kappa shape index (κ3) is 2.56. The number of aryl methyl sites for hydroxylation is 1. The summed E-state index contributed by atoms with van der Waals surface area (Å²) in [6.45, 7) is 4.40. The lowest BCUT2D eigenvalue weighted by atomic mass is 9.98. The summed E-state index contributed by atoms with van der Waals surface area (Å²) in [6, 6.07) is 9.12. The highest BCUT2D eigenvalue weighted by atomic mass is 14.9. The predicted octanol–water partition coefficient (Wildman–Crippen LogP) is 3.06. The molecule has 1 rings (SSSR count). The molecule has 72 valence electrons. The van der Waals surface area contributed by atoms with E-state index < -0.39 is 0 Å². The Labute approximate surface area is 81.2 Å². The first-order valence-corrected chi connectivity index (χ1v) is 5.02. The van der Waals surface area contributed by atoms with Crippen LogP contribution in [0.2, 0.25) is 0 Å². The second kappa shape index (κ2) is 5.03. The van der Waals surface area contributed by atoms with E-state index in [1.54, 1.807) is 0 Å². The maximum absolute atomic E-state index is 3.36. The zero-order valence-corrected chi connectivity index (χ0v) is 8.80. The Balaban J connectivity index is 2.84. The molecular formula is C12H19N. The van der Waals surface area contributed by atoms with Gasteiger partial charge in [-0.05, 0) is 31.5 Å². The topological polar surface area (TPSA) is 12.0 Å². The van der Waals surface area contributed by atoms with Crippen molar-refractivity contribution in [3.8, 4) is 0 Å². The van der Waals surface area contributed by atoms with Crippen molar-refractivity contribution in [3.63, 3.8) is 0 Å². The van der Waals surface area contributed by atoms with Crippen LogP contribution in [0, 0.1) is 6.92 Å². The minimum atomic E-state index is 0.520. The number of rotatable bonds is 4. The average Bonchev–Trinajstić information content (AvgIpc) is 2.16. The van der Waals surface area contributed by atoms with Crippen molar-refractivity contribution >= 4 is 0 Å². The predicted molar refractivity (Wildman–Crippen MR) is 57.9 cm³/mol. The van der Waals surface area contributed by atoms with E-state index in [2.05, 4.69) is 43.4 Å². The van der Waals surface area contributed by atoms with Crippen LogP contribution in [0.3, 0.4) is 0 Å². The molecule has 0 amide bonds. The van der Waals surface area contributed by atoms with Crippen molar-refractivity contribution in [3.05, 3.63) is 35.4 Å². The fourth-order valence-electron chi connectivity index (χ4n) is 1.72. The smallest absolute Gasteiger partial charge is 0.0320 e. The fraction of sp³-hybridized carbons (Fsp3) is 0.500. The van der Waals surface area contributed by atoms with Crippen LogP contribution in [0.4, 0.5) is 0 Å². The molecule has 1 aromatic rings. The molecule has 1 heteroatoms. The molecular weight excluding hydrogens is 158 g/mol. The quantitative estimate of drug-likeness (QED) is 0.745. The van der Waals surface area contributed by atoms with Gasteiger partial charge in [-0.15, -0.1) is 0 Å². The zero-order valence-electron chi connectivity index (χ0n) is 8.80. The van der Waals surface area contributed by atoms with Crippen LogP contribution < -0.4 is 5.32 Å². The fourth-order valence-corrected chi connectivity index (χ4v) is 1.72. The monoisotopic (exact) mass is 177 g/mol. The molecule has 0 heterocycles. The summed E-state index contributed by atoms with van der Waals surface area (Å²) < 4.78 is 0. The van der Waals surface area contributed by atoms with Crippen molar-refractivity contribution in [2.24, 2.45) is 0 Å². The van der Waals surface area contributed by atoms with Crippen LogP contribution in [0.25, 0.3) is 0 Å². The van der Waals surface area contributed by atoms with Crippen molar-refractivity contribution in [2.45, 2.75) is 32.7 Å². The molecule has 1 unspecified atom stereocenters. The van der Waals surface area contributed by atoms with Crippen LogP contribution in [0.5, 0.6) is 0 Å². The summed E-state index contributed by atoms with van der Waals surface area (Å²) in [5.41, 5.74) is 2.82. The van der Waals surface area contributed by atoms with Crippen LogP contribution in [-0.2, 0) is 0 Å². The molecule has 1 atom stereocenters. The van der Waals surface area contributed by atoms with E-state index >= 15 is 0 Å². The Kier molecular flexibility index (Phi) is 3.97. The van der Waals surface area contributed by atoms with Gasteiger partial charge in [-0.2, -0.15) is 0 Å². The highest BCUT2D eigenvalue weighted by Crippen LogP contribution is 2.20. The first kappa shape index (κ1) is 10.3. The van der Waals surface area contributed by atoms with Crippen molar-refractivity contribution in [1.29, 1.82) is 0 Å². The molecule has 0 radical (unpaired) electrons. The molecule has 0 aliphatic heterocycles. The maximum Gasteiger partial charge on any atom is 0.0320 e. The van der Waals surface area contributed by atoms with Crippen molar-refractivity contribution in [2.75, 3.05) is 7.05 Å². The molecule has 0 spiro atoms. The SMILES string of the molecule is CCCC(NC)c1ccccc1C. The van der Waals surface area contributed by atoms with Gasteiger partial charge in [0.25, 0.3) is 0 Å². The largest absolute Gasteiger partial charge is 0.313 e. The minimum absolute atomic E-state index is 0.520. The Morgan fingerprint density at radius 1 is 1.31 bits per heavy atom. The Bertz CT molecular complexity index is 255. The van der Waals surface area contributed by atoms with E-state index in [1.165, 1.54) is 24.0 Å². The summed E-state index contributed by atoms with van der Waals surface area (Å²) in [5.74, 6) is 0. The van der Waals surface area contributed by atoms with Gasteiger partial charge in [-0.25, -0.2) is 0 Å². The standard InChI is InChI=1S/C12H19N/c1-4-7-12(13-3)11-9-6-5-8-10(11)2/h5-6,8-9,12-13H,4,7H2,1-3H3. The van der Waals surface area contributed by atoms with Gasteiger partial charge < -0.3 is 5.32 Å². The lowest BCUT2D eigenvalue weighted by Gasteiger charge is -2.17. The van der Waals surface area contributed by atoms with Gasteiger partial charge in [0.1, 0.15) is 0 Å². The number of hydrogen-bond donors (Lipinski definition) is 1. The van der Waals surface area contributed by atoms with Gasteiger partial charge in [-0.3, -0.25) is 0 Å². The van der Waals surface area contributed by atoms with Crippen LogP contribution in [-0.4, -0.2) is 7.05 Å². The van der Waals surface area contributed by atoms with E-state index in [1.807, 2.05) is 7.05 Å². The molecule has 0 bridgehead atoms. The molecule has 0 aliphatic rings. The van der Waals surface area contributed by atoms with Gasteiger partial charge in [0, 0.05) is 6.04 Å². The molecule has 1 nitrogen and oxygen atoms in total. The number of benzene rings is 1. The third-order valence-corrected chi connectivity index (χ3v) is 2.49. The van der Waals surface area contributed by atoms with E-state index in [-0.39, 0.29) is 0 Å². The Morgan fingerprint density at radius 3 is 2.54 bits per heavy atom. The first-order valence-electron chi connectivity index (χ1n) is 5.02. The molecule has 0 saturated carbocycles. The van der Waals surface area contributed by atoms with Gasteiger partial charge in [0.05, 0.1) is 0 Å². The summed E-state index contributed by atoms with van der Waals surface area (Å²) >= 11 is 0. The summed E-state index contributed by atoms with van der Waals surface area (Å²) in [6.07, 6.45) is 2.43. The highest BCUT2D eigenvalue weighted by molar-refractivity contribution is 5.28. The van der Waals surface area contributed by atoms with Gasteiger partial charge in [-0.1, -0.05) is 37.6 Å². The van der Waals surface area contributed by atoms with Gasteiger partial charge in [0.15, 0.2) is 0 Å². The highest BCUT2D eigenvalue weighted by Gasteiger charge is 2.08. The second-order valence-electron chi connectivity index (χ2n) is 3.49. The minimum Gasteiger partial charge on any atom is -0.313 e. The molecule has 13 heavy (non-hydrogen) atoms. The second-order valence-corrected chi connectivity index (χ2v) is 3.49.